The van der Waals surface area contributed by atoms with E-state index in [9.17, 15) is 14.9 Å². The number of carbonyl (C=O) groups is 1. The standard InChI is InChI=1S/C15H11NO4/c17-15(18)14-4-2-1-3-12(14)8-5-11-6-9-13(10-7-11)16(19)20/h1-10H,(H,17,18)/b8-5+. The fourth-order valence-electron chi connectivity index (χ4n) is 1.73. The normalized spacial score (nSPS) is 10.6. The zero-order valence-electron chi connectivity index (χ0n) is 10.4. The first-order valence-electron chi connectivity index (χ1n) is 5.83. The Morgan fingerprint density at radius 3 is 2.30 bits per heavy atom. The molecule has 0 radical (unpaired) electrons. The van der Waals surface area contributed by atoms with Crippen molar-refractivity contribution in [3.63, 3.8) is 0 Å². The molecule has 0 aromatic heterocycles. The summed E-state index contributed by atoms with van der Waals surface area (Å²) in [6.07, 6.45) is 3.39. The Bertz CT molecular complexity index is 675. The molecular formula is C15H11NO4. The van der Waals surface area contributed by atoms with Gasteiger partial charge >= 0.3 is 5.97 Å². The molecule has 0 unspecified atom stereocenters. The van der Waals surface area contributed by atoms with E-state index in [4.69, 9.17) is 5.11 Å². The number of non-ortho nitro benzene ring substituents is 1. The van der Waals surface area contributed by atoms with E-state index in [0.29, 0.717) is 5.56 Å². The van der Waals surface area contributed by atoms with E-state index in [-0.39, 0.29) is 11.3 Å². The van der Waals surface area contributed by atoms with Crippen LogP contribution in [0.4, 0.5) is 5.69 Å². The van der Waals surface area contributed by atoms with Crippen molar-refractivity contribution >= 4 is 23.8 Å². The van der Waals surface area contributed by atoms with Crippen LogP contribution < -0.4 is 0 Å². The zero-order chi connectivity index (χ0) is 14.5. The molecule has 5 heteroatoms. The number of hydrogen-bond donors (Lipinski definition) is 1. The molecule has 5 nitrogen and oxygen atoms in total. The van der Waals surface area contributed by atoms with E-state index in [0.717, 1.165) is 5.56 Å². The van der Waals surface area contributed by atoms with Crippen molar-refractivity contribution < 1.29 is 14.8 Å². The molecule has 2 aromatic rings. The van der Waals surface area contributed by atoms with Gasteiger partial charge in [-0.3, -0.25) is 10.1 Å². The summed E-state index contributed by atoms with van der Waals surface area (Å²) in [5.74, 6) is -0.992. The van der Waals surface area contributed by atoms with Gasteiger partial charge in [-0.15, -0.1) is 0 Å². The average molecular weight is 269 g/mol. The van der Waals surface area contributed by atoms with Crippen LogP contribution in [0.1, 0.15) is 21.5 Å². The smallest absolute Gasteiger partial charge is 0.336 e. The minimum atomic E-state index is -0.992. The first-order valence-corrected chi connectivity index (χ1v) is 5.83. The summed E-state index contributed by atoms with van der Waals surface area (Å²) in [5, 5.41) is 19.6. The molecule has 0 aliphatic rings. The summed E-state index contributed by atoms with van der Waals surface area (Å²) in [6.45, 7) is 0. The third-order valence-electron chi connectivity index (χ3n) is 2.75. The molecule has 100 valence electrons. The topological polar surface area (TPSA) is 80.4 Å². The summed E-state index contributed by atoms with van der Waals surface area (Å²) >= 11 is 0. The van der Waals surface area contributed by atoms with Crippen LogP contribution in [0.15, 0.2) is 48.5 Å². The highest BCUT2D eigenvalue weighted by atomic mass is 16.6. The van der Waals surface area contributed by atoms with Crippen LogP contribution >= 0.6 is 0 Å². The van der Waals surface area contributed by atoms with E-state index in [1.165, 1.54) is 18.2 Å². The van der Waals surface area contributed by atoms with E-state index in [1.54, 1.807) is 42.5 Å². The SMILES string of the molecule is O=C(O)c1ccccc1/C=C/c1ccc([N+](=O)[O-])cc1. The van der Waals surface area contributed by atoms with Crippen molar-refractivity contribution in [2.24, 2.45) is 0 Å². The third kappa shape index (κ3) is 3.08. The summed E-state index contributed by atoms with van der Waals surface area (Å²) in [7, 11) is 0. The Labute approximate surface area is 115 Å². The number of benzene rings is 2. The predicted molar refractivity (Wildman–Crippen MR) is 75.4 cm³/mol. The minimum Gasteiger partial charge on any atom is -0.478 e. The van der Waals surface area contributed by atoms with Crippen LogP contribution in [-0.4, -0.2) is 16.0 Å². The van der Waals surface area contributed by atoms with Crippen LogP contribution in [-0.2, 0) is 0 Å². The van der Waals surface area contributed by atoms with Crippen LogP contribution in [0.2, 0.25) is 0 Å². The van der Waals surface area contributed by atoms with Gasteiger partial charge in [0.2, 0.25) is 0 Å². The molecule has 0 atom stereocenters. The number of hydrogen-bond acceptors (Lipinski definition) is 3. The number of aromatic carboxylic acids is 1. The van der Waals surface area contributed by atoms with Crippen molar-refractivity contribution in [3.05, 3.63) is 75.3 Å². The quantitative estimate of drug-likeness (QED) is 0.523. The first kappa shape index (κ1) is 13.5. The highest BCUT2D eigenvalue weighted by Crippen LogP contribution is 2.16. The van der Waals surface area contributed by atoms with Gasteiger partial charge in [-0.2, -0.15) is 0 Å². The van der Waals surface area contributed by atoms with Gasteiger partial charge in [-0.25, -0.2) is 4.79 Å². The second-order valence-electron chi connectivity index (χ2n) is 4.07. The maximum absolute atomic E-state index is 11.0. The molecule has 0 heterocycles. The molecule has 0 fully saturated rings. The van der Waals surface area contributed by atoms with Gasteiger partial charge in [0.05, 0.1) is 10.5 Å². The van der Waals surface area contributed by atoms with E-state index in [2.05, 4.69) is 0 Å². The molecular weight excluding hydrogens is 258 g/mol. The van der Waals surface area contributed by atoms with Crippen molar-refractivity contribution in [2.45, 2.75) is 0 Å². The minimum absolute atomic E-state index is 0.0214. The van der Waals surface area contributed by atoms with Gasteiger partial charge in [-0.1, -0.05) is 30.4 Å². The van der Waals surface area contributed by atoms with Gasteiger partial charge in [0.15, 0.2) is 0 Å². The molecule has 0 aliphatic heterocycles. The lowest BCUT2D eigenvalue weighted by molar-refractivity contribution is -0.384. The number of carboxylic acids is 1. The van der Waals surface area contributed by atoms with Gasteiger partial charge in [-0.05, 0) is 29.3 Å². The third-order valence-corrected chi connectivity index (χ3v) is 2.75. The number of carboxylic acid groups (broad SMARTS) is 1. The molecule has 2 aromatic carbocycles. The maximum atomic E-state index is 11.0. The van der Waals surface area contributed by atoms with Crippen LogP contribution in [0.3, 0.4) is 0 Å². The zero-order valence-corrected chi connectivity index (χ0v) is 10.4. The Balaban J connectivity index is 2.25. The van der Waals surface area contributed by atoms with Gasteiger partial charge in [0.1, 0.15) is 0 Å². The van der Waals surface area contributed by atoms with E-state index in [1.807, 2.05) is 0 Å². The van der Waals surface area contributed by atoms with Crippen LogP contribution in [0.5, 0.6) is 0 Å². The molecule has 0 saturated heterocycles. The highest BCUT2D eigenvalue weighted by Gasteiger charge is 2.06. The van der Waals surface area contributed by atoms with E-state index >= 15 is 0 Å². The highest BCUT2D eigenvalue weighted by molar-refractivity contribution is 5.93. The van der Waals surface area contributed by atoms with Crippen LogP contribution in [0, 0.1) is 10.1 Å². The largest absolute Gasteiger partial charge is 0.478 e. The van der Waals surface area contributed by atoms with Crippen molar-refractivity contribution in [1.29, 1.82) is 0 Å². The summed E-state index contributed by atoms with van der Waals surface area (Å²) in [4.78, 5) is 21.1. The summed E-state index contributed by atoms with van der Waals surface area (Å²) in [6, 6.07) is 12.7. The van der Waals surface area contributed by atoms with Crippen LogP contribution in [0.25, 0.3) is 12.2 Å². The molecule has 0 saturated carbocycles. The lowest BCUT2D eigenvalue weighted by Gasteiger charge is -2.00. The number of rotatable bonds is 4. The van der Waals surface area contributed by atoms with E-state index < -0.39 is 10.9 Å². The van der Waals surface area contributed by atoms with Gasteiger partial charge < -0.3 is 5.11 Å². The fourth-order valence-corrected chi connectivity index (χ4v) is 1.73. The molecule has 1 N–H and O–H groups in total. The number of nitro benzene ring substituents is 1. The Hall–Kier alpha value is -2.95. The monoisotopic (exact) mass is 269 g/mol. The molecule has 0 aliphatic carbocycles. The fraction of sp³-hybridized carbons (Fsp3) is 0. The van der Waals surface area contributed by atoms with Gasteiger partial charge in [0.25, 0.3) is 5.69 Å². The molecule has 0 bridgehead atoms. The summed E-state index contributed by atoms with van der Waals surface area (Å²) in [5.41, 5.74) is 1.58. The lowest BCUT2D eigenvalue weighted by atomic mass is 10.1. The maximum Gasteiger partial charge on any atom is 0.336 e. The van der Waals surface area contributed by atoms with Crippen molar-refractivity contribution in [3.8, 4) is 0 Å². The molecule has 0 spiro atoms. The number of nitro groups is 1. The second-order valence-corrected chi connectivity index (χ2v) is 4.07. The number of nitrogens with zero attached hydrogens (tertiary/aromatic N) is 1. The van der Waals surface area contributed by atoms with Crippen molar-refractivity contribution in [1.82, 2.24) is 0 Å². The second kappa shape index (κ2) is 5.79. The molecule has 20 heavy (non-hydrogen) atoms. The Morgan fingerprint density at radius 2 is 1.70 bits per heavy atom. The first-order chi connectivity index (χ1) is 9.58. The average Bonchev–Trinajstić information content (AvgIpc) is 2.45. The van der Waals surface area contributed by atoms with Crippen molar-refractivity contribution in [2.75, 3.05) is 0 Å². The summed E-state index contributed by atoms with van der Waals surface area (Å²) < 4.78 is 0. The molecule has 2 rings (SSSR count). The Morgan fingerprint density at radius 1 is 1.05 bits per heavy atom. The molecule has 0 amide bonds. The predicted octanol–water partition coefficient (Wildman–Crippen LogP) is 3.46. The lowest BCUT2D eigenvalue weighted by Crippen LogP contribution is -1.98. The Kier molecular flexibility index (Phi) is 3.91. The van der Waals surface area contributed by atoms with Gasteiger partial charge in [0, 0.05) is 12.1 Å².